The molecule has 3 rings (SSSR count). The number of carbonyl (C=O) groups is 1. The molecular weight excluding hydrogens is 421 g/mol. The van der Waals surface area contributed by atoms with Gasteiger partial charge in [0.1, 0.15) is 17.1 Å². The zero-order valence-corrected chi connectivity index (χ0v) is 19.1. The molecule has 0 saturated heterocycles. The Bertz CT molecular complexity index is 974. The van der Waals surface area contributed by atoms with Crippen molar-refractivity contribution in [2.24, 2.45) is 0 Å². The van der Waals surface area contributed by atoms with E-state index in [2.05, 4.69) is 23.7 Å². The molecule has 0 bridgehead atoms. The Morgan fingerprint density at radius 3 is 2.50 bits per heavy atom. The number of hydrogen-bond donors (Lipinski definition) is 0. The number of rotatable bonds is 10. The number of nitrogens with zero attached hydrogens (tertiary/aromatic N) is 3. The average molecular weight is 448 g/mol. The molecule has 5 nitrogen and oxygen atoms in total. The first-order valence-corrected chi connectivity index (χ1v) is 11.7. The maximum absolute atomic E-state index is 14.1. The van der Waals surface area contributed by atoms with Gasteiger partial charge in [0.2, 0.25) is 5.91 Å². The van der Waals surface area contributed by atoms with Gasteiger partial charge in [-0.1, -0.05) is 31.3 Å². The number of aromatic nitrogens is 1. The number of thioether (sulfide) groups is 1. The number of likely N-dealkylation sites (N-methyl/N-ethyl adjacent to an activating group) is 1. The maximum atomic E-state index is 14.1. The summed E-state index contributed by atoms with van der Waals surface area (Å²) in [6.07, 6.45) is 0. The van der Waals surface area contributed by atoms with Crippen LogP contribution in [0.15, 0.2) is 47.4 Å². The van der Waals surface area contributed by atoms with Crippen LogP contribution in [0, 0.1) is 5.82 Å². The number of fused-ring (bicyclic) bond motifs is 1. The van der Waals surface area contributed by atoms with Crippen LogP contribution in [0.25, 0.3) is 10.2 Å². The summed E-state index contributed by atoms with van der Waals surface area (Å²) < 4.78 is 20.1. The van der Waals surface area contributed by atoms with Crippen molar-refractivity contribution in [3.8, 4) is 5.75 Å². The molecule has 2 aromatic carbocycles. The Balaban J connectivity index is 1.78. The topological polar surface area (TPSA) is 45.7 Å². The molecule has 1 aromatic heterocycles. The van der Waals surface area contributed by atoms with Gasteiger partial charge in [-0.25, -0.2) is 9.37 Å². The van der Waals surface area contributed by atoms with Gasteiger partial charge in [-0.15, -0.1) is 11.8 Å². The van der Waals surface area contributed by atoms with E-state index in [1.807, 2.05) is 30.3 Å². The van der Waals surface area contributed by atoms with Crippen LogP contribution in [0.3, 0.4) is 0 Å². The molecule has 0 radical (unpaired) electrons. The molecule has 0 N–H and O–H groups in total. The molecule has 0 aliphatic rings. The number of hydrogen-bond acceptors (Lipinski definition) is 6. The van der Waals surface area contributed by atoms with E-state index in [4.69, 9.17) is 4.74 Å². The highest BCUT2D eigenvalue weighted by atomic mass is 32.2. The molecule has 1 amide bonds. The van der Waals surface area contributed by atoms with Gasteiger partial charge >= 0.3 is 0 Å². The quantitative estimate of drug-likeness (QED) is 0.413. The zero-order valence-electron chi connectivity index (χ0n) is 17.4. The largest absolute Gasteiger partial charge is 0.497 e. The summed E-state index contributed by atoms with van der Waals surface area (Å²) in [4.78, 5) is 22.5. The smallest absolute Gasteiger partial charge is 0.239 e. The van der Waals surface area contributed by atoms with Crippen molar-refractivity contribution in [1.82, 2.24) is 9.88 Å². The molecule has 8 heteroatoms. The molecule has 0 unspecified atom stereocenters. The standard InChI is InChI=1S/C22H26FN3O2S2/c1-4-25(5-2)13-14-26(22-24-21-18(23)7-6-8-19(21)30-22)20(27)15-29-17-11-9-16(28-3)10-12-17/h6-12H,4-5,13-15H2,1-3H3. The van der Waals surface area contributed by atoms with E-state index in [1.54, 1.807) is 18.1 Å². The first-order valence-electron chi connectivity index (χ1n) is 9.90. The van der Waals surface area contributed by atoms with E-state index in [0.717, 1.165) is 35.0 Å². The second kappa shape index (κ2) is 10.7. The van der Waals surface area contributed by atoms with Crippen LogP contribution < -0.4 is 9.64 Å². The number of ether oxygens (including phenoxy) is 1. The summed E-state index contributed by atoms with van der Waals surface area (Å²) in [6, 6.07) is 12.5. The monoisotopic (exact) mass is 447 g/mol. The van der Waals surface area contributed by atoms with Crippen LogP contribution >= 0.6 is 23.1 Å². The van der Waals surface area contributed by atoms with E-state index >= 15 is 0 Å². The summed E-state index contributed by atoms with van der Waals surface area (Å²) >= 11 is 2.82. The first-order chi connectivity index (χ1) is 14.5. The van der Waals surface area contributed by atoms with Crippen molar-refractivity contribution in [3.05, 3.63) is 48.3 Å². The van der Waals surface area contributed by atoms with Gasteiger partial charge in [0, 0.05) is 18.0 Å². The first kappa shape index (κ1) is 22.5. The van der Waals surface area contributed by atoms with Gasteiger partial charge in [0.15, 0.2) is 5.13 Å². The highest BCUT2D eigenvalue weighted by Gasteiger charge is 2.21. The lowest BCUT2D eigenvalue weighted by molar-refractivity contribution is -0.116. The van der Waals surface area contributed by atoms with Crippen molar-refractivity contribution in [1.29, 1.82) is 0 Å². The molecule has 0 spiro atoms. The molecule has 0 atom stereocenters. The van der Waals surface area contributed by atoms with E-state index < -0.39 is 0 Å². The Morgan fingerprint density at radius 1 is 1.13 bits per heavy atom. The molecule has 0 aliphatic carbocycles. The van der Waals surface area contributed by atoms with Crippen molar-refractivity contribution in [2.75, 3.05) is 43.9 Å². The second-order valence-electron chi connectivity index (χ2n) is 6.62. The van der Waals surface area contributed by atoms with Crippen molar-refractivity contribution >= 4 is 44.4 Å². The normalized spacial score (nSPS) is 11.2. The molecule has 160 valence electrons. The average Bonchev–Trinajstić information content (AvgIpc) is 3.21. The van der Waals surface area contributed by atoms with E-state index in [-0.39, 0.29) is 17.5 Å². The highest BCUT2D eigenvalue weighted by molar-refractivity contribution is 8.00. The fourth-order valence-electron chi connectivity index (χ4n) is 3.02. The Kier molecular flexibility index (Phi) is 8.07. The van der Waals surface area contributed by atoms with Crippen molar-refractivity contribution in [3.63, 3.8) is 0 Å². The van der Waals surface area contributed by atoms with Crippen LogP contribution in [0.4, 0.5) is 9.52 Å². The predicted octanol–water partition coefficient (Wildman–Crippen LogP) is 4.91. The molecular formula is C22H26FN3O2S2. The summed E-state index contributed by atoms with van der Waals surface area (Å²) in [5.41, 5.74) is 0.320. The molecule has 0 fully saturated rings. The Labute approximate surface area is 184 Å². The molecule has 0 aliphatic heterocycles. The third-order valence-corrected chi connectivity index (χ3v) is 6.89. The van der Waals surface area contributed by atoms with Crippen molar-refractivity contribution in [2.45, 2.75) is 18.7 Å². The fourth-order valence-corrected chi connectivity index (χ4v) is 4.82. The number of halogens is 1. The van der Waals surface area contributed by atoms with E-state index in [0.29, 0.717) is 17.2 Å². The van der Waals surface area contributed by atoms with E-state index in [1.165, 1.54) is 29.2 Å². The van der Waals surface area contributed by atoms with Crippen molar-refractivity contribution < 1.29 is 13.9 Å². The number of amides is 1. The molecule has 1 heterocycles. The molecule has 3 aromatic rings. The van der Waals surface area contributed by atoms with Crippen LogP contribution in [0.2, 0.25) is 0 Å². The fraction of sp³-hybridized carbons (Fsp3) is 0.364. The lowest BCUT2D eigenvalue weighted by Crippen LogP contribution is -2.39. The third kappa shape index (κ3) is 5.50. The van der Waals surface area contributed by atoms with Crippen LogP contribution in [-0.4, -0.2) is 54.8 Å². The van der Waals surface area contributed by atoms with Gasteiger partial charge in [-0.05, 0) is 49.5 Å². The summed E-state index contributed by atoms with van der Waals surface area (Å²) in [5.74, 6) is 0.660. The molecule has 30 heavy (non-hydrogen) atoms. The number of carbonyl (C=O) groups excluding carboxylic acids is 1. The minimum atomic E-state index is -0.362. The van der Waals surface area contributed by atoms with Gasteiger partial charge < -0.3 is 9.64 Å². The minimum Gasteiger partial charge on any atom is -0.497 e. The van der Waals surface area contributed by atoms with Crippen LogP contribution in [-0.2, 0) is 4.79 Å². The zero-order chi connectivity index (χ0) is 21.5. The number of para-hydroxylation sites is 1. The predicted molar refractivity (Wildman–Crippen MR) is 123 cm³/mol. The highest BCUT2D eigenvalue weighted by Crippen LogP contribution is 2.31. The third-order valence-electron chi connectivity index (χ3n) is 4.85. The number of methoxy groups -OCH3 is 1. The number of benzene rings is 2. The SMILES string of the molecule is CCN(CC)CCN(C(=O)CSc1ccc(OC)cc1)c1nc2c(F)cccc2s1. The lowest BCUT2D eigenvalue weighted by Gasteiger charge is -2.24. The van der Waals surface area contributed by atoms with Crippen LogP contribution in [0.5, 0.6) is 5.75 Å². The number of thiazole rings is 1. The summed E-state index contributed by atoms with van der Waals surface area (Å²) in [6.45, 7) is 7.28. The Morgan fingerprint density at radius 2 is 1.87 bits per heavy atom. The number of anilines is 1. The van der Waals surface area contributed by atoms with Crippen LogP contribution in [0.1, 0.15) is 13.8 Å². The molecule has 0 saturated carbocycles. The van der Waals surface area contributed by atoms with Gasteiger partial charge in [-0.2, -0.15) is 0 Å². The summed E-state index contributed by atoms with van der Waals surface area (Å²) in [7, 11) is 1.63. The second-order valence-corrected chi connectivity index (χ2v) is 8.68. The Hall–Kier alpha value is -2.16. The van der Waals surface area contributed by atoms with Gasteiger partial charge in [-0.3, -0.25) is 9.69 Å². The minimum absolute atomic E-state index is 0.0394. The van der Waals surface area contributed by atoms with Gasteiger partial charge in [0.05, 0.1) is 17.6 Å². The van der Waals surface area contributed by atoms with Gasteiger partial charge in [0.25, 0.3) is 0 Å². The lowest BCUT2D eigenvalue weighted by atomic mass is 10.3. The summed E-state index contributed by atoms with van der Waals surface area (Å²) in [5, 5.41) is 0.544. The van der Waals surface area contributed by atoms with E-state index in [9.17, 15) is 9.18 Å². The maximum Gasteiger partial charge on any atom is 0.239 e.